The van der Waals surface area contributed by atoms with Crippen molar-refractivity contribution in [3.05, 3.63) is 163 Å². The van der Waals surface area contributed by atoms with Gasteiger partial charge in [-0.1, -0.05) is 139 Å². The van der Waals surface area contributed by atoms with Crippen LogP contribution in [0.5, 0.6) is 5.75 Å². The summed E-state index contributed by atoms with van der Waals surface area (Å²) in [4.78, 5) is 5.56. The summed E-state index contributed by atoms with van der Waals surface area (Å²) in [5.41, 5.74) is 13.1. The Kier molecular flexibility index (Phi) is 8.74. The van der Waals surface area contributed by atoms with Gasteiger partial charge in [0.25, 0.3) is 0 Å². The second-order valence-electron chi connectivity index (χ2n) is 16.0. The Balaban J connectivity index is 1.47. The van der Waals surface area contributed by atoms with Crippen molar-refractivity contribution >= 4 is 11.0 Å². The molecule has 0 spiro atoms. The Morgan fingerprint density at radius 1 is 0.519 bits per heavy atom. The highest BCUT2D eigenvalue weighted by molar-refractivity contribution is 5.98. The van der Waals surface area contributed by atoms with E-state index in [2.05, 4.69) is 178 Å². The third kappa shape index (κ3) is 6.47. The molecule has 0 saturated heterocycles. The molecule has 2 aromatic heterocycles. The summed E-state index contributed by atoms with van der Waals surface area (Å²) in [6, 6.07) is 50.5. The van der Waals surface area contributed by atoms with Gasteiger partial charge >= 0.3 is 0 Å². The van der Waals surface area contributed by atoms with Gasteiger partial charge in [-0.3, -0.25) is 4.57 Å². The van der Waals surface area contributed by atoms with Gasteiger partial charge in [0, 0.05) is 28.5 Å². The maximum Gasteiger partial charge on any atom is 0.149 e. The molecule has 2 heterocycles. The van der Waals surface area contributed by atoms with E-state index < -0.39 is 0 Å². The van der Waals surface area contributed by atoms with Crippen molar-refractivity contribution in [2.24, 2.45) is 0 Å². The van der Waals surface area contributed by atoms with Gasteiger partial charge in [-0.2, -0.15) is 10.2 Å². The smallest absolute Gasteiger partial charge is 0.149 e. The average molecular weight is 705 g/mol. The van der Waals surface area contributed by atoms with Gasteiger partial charge in [0.05, 0.1) is 28.0 Å². The van der Waals surface area contributed by atoms with Crippen LogP contribution in [0.15, 0.2) is 152 Å². The van der Waals surface area contributed by atoms with Crippen LogP contribution in [0.4, 0.5) is 0 Å². The Hall–Kier alpha value is -6.33. The number of benzene rings is 6. The maximum atomic E-state index is 12.3. The van der Waals surface area contributed by atoms with E-state index in [4.69, 9.17) is 4.98 Å². The standard InChI is InChI=1S/C49H44N4O/c1-48(2,3)37-30-40(46(54)41(31-37)49(4,5)6)47-51-45-39(22-15-25-44(45)53(47)43-24-14-13-21-38(43)33-19-11-8-12-20-33)35-27-34(32-17-9-7-10-18-32)28-36(29-35)42-23-16-26-50-52-42/h7-31,54H,1-6H3. The average Bonchev–Trinajstić information content (AvgIpc) is 3.57. The van der Waals surface area contributed by atoms with Gasteiger partial charge in [0.2, 0.25) is 0 Å². The number of aromatic nitrogens is 4. The minimum atomic E-state index is -0.307. The molecule has 0 aliphatic rings. The summed E-state index contributed by atoms with van der Waals surface area (Å²) in [5, 5.41) is 21.0. The van der Waals surface area contributed by atoms with Gasteiger partial charge in [-0.15, -0.1) is 0 Å². The molecule has 0 bridgehead atoms. The summed E-state index contributed by atoms with van der Waals surface area (Å²) in [6.45, 7) is 13.1. The van der Waals surface area contributed by atoms with Crippen LogP contribution in [0.25, 0.3) is 72.7 Å². The third-order valence-corrected chi connectivity index (χ3v) is 10.2. The molecule has 1 N–H and O–H groups in total. The van der Waals surface area contributed by atoms with Gasteiger partial charge in [0.1, 0.15) is 11.6 Å². The van der Waals surface area contributed by atoms with Crippen molar-refractivity contribution in [3.8, 4) is 67.5 Å². The molecule has 0 amide bonds. The van der Waals surface area contributed by atoms with Crippen LogP contribution in [0, 0.1) is 0 Å². The molecule has 6 aromatic carbocycles. The fraction of sp³-hybridized carbons (Fsp3) is 0.163. The predicted octanol–water partition coefficient (Wildman–Crippen LogP) is 12.5. The first-order chi connectivity index (χ1) is 26.0. The SMILES string of the molecule is CC(C)(C)c1cc(-c2nc3c(-c4cc(-c5ccccc5)cc(-c5cccnn5)c4)cccc3n2-c2ccccc2-c2ccccc2)c(O)c(C(C)(C)C)c1. The first-order valence-electron chi connectivity index (χ1n) is 18.5. The fourth-order valence-electron chi connectivity index (χ4n) is 7.28. The normalized spacial score (nSPS) is 12.0. The number of rotatable bonds is 6. The first-order valence-corrected chi connectivity index (χ1v) is 18.5. The van der Waals surface area contributed by atoms with E-state index >= 15 is 0 Å². The largest absolute Gasteiger partial charge is 0.507 e. The van der Waals surface area contributed by atoms with E-state index in [0.29, 0.717) is 11.4 Å². The molecule has 5 nitrogen and oxygen atoms in total. The van der Waals surface area contributed by atoms with Crippen LogP contribution in [0.2, 0.25) is 0 Å². The summed E-state index contributed by atoms with van der Waals surface area (Å²) >= 11 is 0. The zero-order chi connectivity index (χ0) is 37.6. The van der Waals surface area contributed by atoms with Crippen LogP contribution in [0.1, 0.15) is 52.7 Å². The minimum absolute atomic E-state index is 0.166. The summed E-state index contributed by atoms with van der Waals surface area (Å²) in [6.07, 6.45) is 1.70. The van der Waals surface area contributed by atoms with Gasteiger partial charge in [-0.25, -0.2) is 4.98 Å². The Bertz CT molecular complexity index is 2550. The highest BCUT2D eigenvalue weighted by Crippen LogP contribution is 2.45. The van der Waals surface area contributed by atoms with E-state index in [1.54, 1.807) is 6.20 Å². The topological polar surface area (TPSA) is 63.8 Å². The lowest BCUT2D eigenvalue weighted by Gasteiger charge is -2.27. The van der Waals surface area contributed by atoms with E-state index in [9.17, 15) is 5.11 Å². The van der Waals surface area contributed by atoms with E-state index in [1.165, 1.54) is 0 Å². The molecule has 0 fully saturated rings. The highest BCUT2D eigenvalue weighted by Gasteiger charge is 2.29. The van der Waals surface area contributed by atoms with Crippen molar-refractivity contribution in [3.63, 3.8) is 0 Å². The molecule has 8 aromatic rings. The number of phenolic OH excluding ortho intramolecular Hbond substituents is 1. The Labute approximate surface area is 317 Å². The van der Waals surface area contributed by atoms with Crippen molar-refractivity contribution in [2.45, 2.75) is 52.4 Å². The maximum absolute atomic E-state index is 12.3. The number of hydrogen-bond acceptors (Lipinski definition) is 4. The second-order valence-corrected chi connectivity index (χ2v) is 16.0. The summed E-state index contributed by atoms with van der Waals surface area (Å²) < 4.78 is 2.24. The zero-order valence-electron chi connectivity index (χ0n) is 31.7. The third-order valence-electron chi connectivity index (χ3n) is 10.2. The number of nitrogens with zero attached hydrogens (tertiary/aromatic N) is 4. The monoisotopic (exact) mass is 704 g/mol. The molecule has 0 radical (unpaired) electrons. The van der Waals surface area contributed by atoms with Crippen molar-refractivity contribution < 1.29 is 5.11 Å². The van der Waals surface area contributed by atoms with Crippen molar-refractivity contribution in [1.29, 1.82) is 0 Å². The summed E-state index contributed by atoms with van der Waals surface area (Å²) in [7, 11) is 0. The van der Waals surface area contributed by atoms with Crippen molar-refractivity contribution in [2.75, 3.05) is 0 Å². The molecule has 0 saturated carbocycles. The molecule has 0 aliphatic heterocycles. The Morgan fingerprint density at radius 2 is 1.17 bits per heavy atom. The lowest BCUT2D eigenvalue weighted by atomic mass is 9.79. The van der Waals surface area contributed by atoms with E-state index in [1.807, 2.05) is 24.3 Å². The molecular weight excluding hydrogens is 661 g/mol. The molecule has 8 rings (SSSR count). The van der Waals surface area contributed by atoms with Gasteiger partial charge < -0.3 is 5.11 Å². The predicted molar refractivity (Wildman–Crippen MR) is 223 cm³/mol. The molecule has 0 aliphatic carbocycles. The number of aromatic hydroxyl groups is 1. The molecule has 0 atom stereocenters. The number of fused-ring (bicyclic) bond motifs is 1. The van der Waals surface area contributed by atoms with Crippen LogP contribution in [-0.4, -0.2) is 24.9 Å². The number of hydrogen-bond donors (Lipinski definition) is 1. The number of para-hydroxylation sites is 2. The fourth-order valence-corrected chi connectivity index (χ4v) is 7.28. The molecule has 5 heteroatoms. The van der Waals surface area contributed by atoms with Crippen molar-refractivity contribution in [1.82, 2.24) is 19.7 Å². The molecule has 54 heavy (non-hydrogen) atoms. The molecule has 0 unspecified atom stereocenters. The van der Waals surface area contributed by atoms with Crippen LogP contribution < -0.4 is 0 Å². The Morgan fingerprint density at radius 3 is 1.85 bits per heavy atom. The zero-order valence-corrected chi connectivity index (χ0v) is 31.7. The first kappa shape index (κ1) is 34.7. The lowest BCUT2D eigenvalue weighted by Crippen LogP contribution is -2.17. The molecule has 266 valence electrons. The summed E-state index contributed by atoms with van der Waals surface area (Å²) in [5.74, 6) is 0.935. The van der Waals surface area contributed by atoms with E-state index in [0.717, 1.165) is 72.5 Å². The number of imidazole rings is 1. The van der Waals surface area contributed by atoms with Crippen LogP contribution >= 0.6 is 0 Å². The van der Waals surface area contributed by atoms with Crippen LogP contribution in [0.3, 0.4) is 0 Å². The van der Waals surface area contributed by atoms with Crippen LogP contribution in [-0.2, 0) is 10.8 Å². The van der Waals surface area contributed by atoms with Gasteiger partial charge in [0.15, 0.2) is 0 Å². The molecular formula is C49H44N4O. The quantitative estimate of drug-likeness (QED) is 0.187. The number of phenols is 1. The minimum Gasteiger partial charge on any atom is -0.507 e. The lowest BCUT2D eigenvalue weighted by molar-refractivity contribution is 0.446. The van der Waals surface area contributed by atoms with Gasteiger partial charge in [-0.05, 0) is 87.2 Å². The second kappa shape index (κ2) is 13.6. The van der Waals surface area contributed by atoms with E-state index in [-0.39, 0.29) is 16.6 Å². The highest BCUT2D eigenvalue weighted by atomic mass is 16.3.